The molecule has 4 rings (SSSR count). The highest BCUT2D eigenvalue weighted by Gasteiger charge is 2.35. The first-order valence-corrected chi connectivity index (χ1v) is 10.7. The second kappa shape index (κ2) is 9.37. The van der Waals surface area contributed by atoms with Gasteiger partial charge in [-0.3, -0.25) is 4.90 Å². The highest BCUT2D eigenvalue weighted by Crippen LogP contribution is 2.39. The van der Waals surface area contributed by atoms with Gasteiger partial charge < -0.3 is 14.4 Å². The van der Waals surface area contributed by atoms with E-state index in [1.54, 1.807) is 17.7 Å². The number of aryl methyl sites for hydroxylation is 1. The van der Waals surface area contributed by atoms with E-state index in [1.165, 1.54) is 18.5 Å². The van der Waals surface area contributed by atoms with Crippen LogP contribution < -0.4 is 4.74 Å². The average molecular weight is 459 g/mol. The van der Waals surface area contributed by atoms with Crippen molar-refractivity contribution in [2.45, 2.75) is 31.5 Å². The van der Waals surface area contributed by atoms with Crippen LogP contribution in [0.3, 0.4) is 0 Å². The van der Waals surface area contributed by atoms with Crippen LogP contribution in [-0.4, -0.2) is 56.9 Å². The summed E-state index contributed by atoms with van der Waals surface area (Å²) in [6.45, 7) is 1.77. The van der Waals surface area contributed by atoms with Crippen molar-refractivity contribution in [3.05, 3.63) is 41.9 Å². The van der Waals surface area contributed by atoms with E-state index in [0.29, 0.717) is 24.0 Å². The fourth-order valence-corrected chi connectivity index (χ4v) is 4.24. The van der Waals surface area contributed by atoms with Gasteiger partial charge in [0.05, 0.1) is 36.3 Å². The Morgan fingerprint density at radius 2 is 2.12 bits per heavy atom. The van der Waals surface area contributed by atoms with Gasteiger partial charge in [-0.1, -0.05) is 0 Å². The molecule has 0 amide bonds. The summed E-state index contributed by atoms with van der Waals surface area (Å²) < 4.78 is 48.6. The number of hydrogen-bond acceptors (Lipinski definition) is 6. The van der Waals surface area contributed by atoms with Gasteiger partial charge in [0.1, 0.15) is 17.3 Å². The number of fused-ring (bicyclic) bond motifs is 1. The van der Waals surface area contributed by atoms with Gasteiger partial charge in [0.25, 0.3) is 0 Å². The topological polar surface area (TPSA) is 87.2 Å². The van der Waals surface area contributed by atoms with E-state index in [0.717, 1.165) is 25.5 Å². The van der Waals surface area contributed by atoms with Crippen LogP contribution in [-0.2, 0) is 13.2 Å². The summed E-state index contributed by atoms with van der Waals surface area (Å²) in [5.41, 5.74) is 0.663. The number of alkyl halides is 3. The number of ether oxygens (including phenoxy) is 1. The molecule has 0 spiro atoms. The van der Waals surface area contributed by atoms with Gasteiger partial charge in [0, 0.05) is 25.2 Å². The molecule has 1 aromatic carbocycles. The molecular formula is C23H24F3N5O2. The smallest absolute Gasteiger partial charge is 0.419 e. The molecule has 10 heteroatoms. The summed E-state index contributed by atoms with van der Waals surface area (Å²) in [5, 5.41) is 18.8. The first-order valence-electron chi connectivity index (χ1n) is 10.7. The van der Waals surface area contributed by atoms with E-state index < -0.39 is 11.7 Å². The molecule has 3 aromatic rings. The second-order valence-electron chi connectivity index (χ2n) is 8.12. The van der Waals surface area contributed by atoms with Crippen molar-refractivity contribution in [1.82, 2.24) is 19.4 Å². The van der Waals surface area contributed by atoms with Crippen molar-refractivity contribution in [2.75, 3.05) is 26.3 Å². The predicted molar refractivity (Wildman–Crippen MR) is 115 cm³/mol. The molecular weight excluding hydrogens is 435 g/mol. The molecule has 0 bridgehead atoms. The minimum Gasteiger partial charge on any atom is -0.493 e. The molecule has 1 N–H and O–H groups in total. The number of aliphatic hydroxyl groups is 1. The number of pyridine rings is 1. The average Bonchev–Trinajstić information content (AvgIpc) is 3.41. The number of rotatable bonds is 7. The molecule has 7 nitrogen and oxygen atoms in total. The normalized spacial score (nSPS) is 16.9. The van der Waals surface area contributed by atoms with E-state index in [1.807, 2.05) is 6.07 Å². The summed E-state index contributed by atoms with van der Waals surface area (Å²) in [5.74, 6) is -0.242. The monoisotopic (exact) mass is 459 g/mol. The molecule has 1 atom stereocenters. The van der Waals surface area contributed by atoms with E-state index in [2.05, 4.69) is 14.9 Å². The van der Waals surface area contributed by atoms with Crippen molar-refractivity contribution in [3.63, 3.8) is 0 Å². The molecule has 174 valence electrons. The number of likely N-dealkylation sites (tertiary alicyclic amines) is 1. The zero-order valence-electron chi connectivity index (χ0n) is 18.1. The number of nitriles is 1. The second-order valence-corrected chi connectivity index (χ2v) is 8.12. The number of benzene rings is 1. The van der Waals surface area contributed by atoms with E-state index in [9.17, 15) is 23.5 Å². The zero-order chi connectivity index (χ0) is 23.6. The number of hydrogen-bond donors (Lipinski definition) is 1. The van der Waals surface area contributed by atoms with Gasteiger partial charge in [-0.25, -0.2) is 9.97 Å². The number of nitrogens with zero attached hydrogens (tertiary/aromatic N) is 5. The minimum absolute atomic E-state index is 0.0556. The lowest BCUT2D eigenvalue weighted by molar-refractivity contribution is -0.138. The molecule has 0 unspecified atom stereocenters. The van der Waals surface area contributed by atoms with Crippen LogP contribution in [0.2, 0.25) is 0 Å². The van der Waals surface area contributed by atoms with Crippen LogP contribution in [0.4, 0.5) is 13.2 Å². The van der Waals surface area contributed by atoms with E-state index >= 15 is 0 Å². The molecule has 1 fully saturated rings. The van der Waals surface area contributed by atoms with Crippen molar-refractivity contribution in [3.8, 4) is 23.1 Å². The summed E-state index contributed by atoms with van der Waals surface area (Å²) in [7, 11) is 1.74. The summed E-state index contributed by atoms with van der Waals surface area (Å²) in [6, 6.07) is 7.51. The van der Waals surface area contributed by atoms with E-state index in [-0.39, 0.29) is 42.0 Å². The molecule has 0 radical (unpaired) electrons. The standard InChI is InChI=1S/C23H24F3N5O2/c1-30-14-28-22-19(12-27)29-18(11-20(22)30)15-5-6-21(17(10-15)23(24,25)26)33-9-3-8-31-7-2-4-16(31)13-32/h5-6,10-11,14,16,32H,2-4,7-9,13H2,1H3/t16-/m1/s1. The Morgan fingerprint density at radius 1 is 1.30 bits per heavy atom. The molecule has 1 saturated heterocycles. The first kappa shape index (κ1) is 23.0. The first-order chi connectivity index (χ1) is 15.8. The highest BCUT2D eigenvalue weighted by atomic mass is 19.4. The molecule has 0 aliphatic carbocycles. The van der Waals surface area contributed by atoms with Crippen molar-refractivity contribution in [2.24, 2.45) is 7.05 Å². The molecule has 33 heavy (non-hydrogen) atoms. The molecule has 2 aromatic heterocycles. The number of halogens is 3. The number of aliphatic hydroxyl groups excluding tert-OH is 1. The maximum Gasteiger partial charge on any atom is 0.419 e. The SMILES string of the molecule is Cn1cnc2c(C#N)nc(-c3ccc(OCCCN4CCC[C@@H]4CO)c(C(F)(F)F)c3)cc21. The third-order valence-corrected chi connectivity index (χ3v) is 5.96. The quantitative estimate of drug-likeness (QED) is 0.542. The zero-order valence-corrected chi connectivity index (χ0v) is 18.1. The molecule has 1 aliphatic heterocycles. The molecule has 1 aliphatic rings. The van der Waals surface area contributed by atoms with Gasteiger partial charge >= 0.3 is 6.18 Å². The van der Waals surface area contributed by atoms with Crippen LogP contribution in [0.15, 0.2) is 30.6 Å². The Labute approximate surface area is 189 Å². The van der Waals surface area contributed by atoms with Crippen molar-refractivity contribution >= 4 is 11.0 Å². The van der Waals surface area contributed by atoms with Gasteiger partial charge in [0.2, 0.25) is 0 Å². The minimum atomic E-state index is -4.61. The summed E-state index contributed by atoms with van der Waals surface area (Å²) in [4.78, 5) is 10.5. The van der Waals surface area contributed by atoms with Crippen molar-refractivity contribution in [1.29, 1.82) is 5.26 Å². The van der Waals surface area contributed by atoms with Crippen LogP contribution in [0.5, 0.6) is 5.75 Å². The Morgan fingerprint density at radius 3 is 2.85 bits per heavy atom. The van der Waals surface area contributed by atoms with Crippen molar-refractivity contribution < 1.29 is 23.0 Å². The Bertz CT molecular complexity index is 1190. The van der Waals surface area contributed by atoms with Crippen LogP contribution in [0.25, 0.3) is 22.3 Å². The fraction of sp³-hybridized carbons (Fsp3) is 0.435. The Kier molecular flexibility index (Phi) is 6.54. The predicted octanol–water partition coefficient (Wildman–Crippen LogP) is 3.75. The lowest BCUT2D eigenvalue weighted by Gasteiger charge is -2.22. The molecule has 0 saturated carbocycles. The lowest BCUT2D eigenvalue weighted by atomic mass is 10.1. The Hall–Kier alpha value is -3.16. The number of imidazole rings is 1. The van der Waals surface area contributed by atoms with Gasteiger partial charge in [-0.2, -0.15) is 18.4 Å². The summed E-state index contributed by atoms with van der Waals surface area (Å²) >= 11 is 0. The fourth-order valence-electron chi connectivity index (χ4n) is 4.24. The van der Waals surface area contributed by atoms with Crippen LogP contribution in [0.1, 0.15) is 30.5 Å². The molecule has 3 heterocycles. The van der Waals surface area contributed by atoms with Gasteiger partial charge in [0.15, 0.2) is 5.69 Å². The van der Waals surface area contributed by atoms with Crippen LogP contribution in [0, 0.1) is 11.3 Å². The summed E-state index contributed by atoms with van der Waals surface area (Å²) in [6.07, 6.45) is -0.585. The largest absolute Gasteiger partial charge is 0.493 e. The van der Waals surface area contributed by atoms with Gasteiger partial charge in [-0.15, -0.1) is 0 Å². The van der Waals surface area contributed by atoms with Crippen LogP contribution >= 0.6 is 0 Å². The number of aromatic nitrogens is 3. The Balaban J connectivity index is 1.56. The third kappa shape index (κ3) is 4.79. The highest BCUT2D eigenvalue weighted by molar-refractivity contribution is 5.84. The maximum absolute atomic E-state index is 13.8. The lowest BCUT2D eigenvalue weighted by Crippen LogP contribution is -2.33. The maximum atomic E-state index is 13.8. The van der Waals surface area contributed by atoms with Gasteiger partial charge in [-0.05, 0) is 50.1 Å². The van der Waals surface area contributed by atoms with E-state index in [4.69, 9.17) is 4.74 Å². The third-order valence-electron chi connectivity index (χ3n) is 5.96.